The molecule has 0 aromatic carbocycles. The van der Waals surface area contributed by atoms with Gasteiger partial charge >= 0.3 is 0 Å². The summed E-state index contributed by atoms with van der Waals surface area (Å²) in [5.74, 6) is 0.797. The van der Waals surface area contributed by atoms with Gasteiger partial charge in [-0.3, -0.25) is 19.2 Å². The van der Waals surface area contributed by atoms with E-state index < -0.39 is 0 Å². The van der Waals surface area contributed by atoms with Crippen LogP contribution in [0.1, 0.15) is 124 Å². The summed E-state index contributed by atoms with van der Waals surface area (Å²) >= 11 is 0. The van der Waals surface area contributed by atoms with E-state index in [4.69, 9.17) is 0 Å². The van der Waals surface area contributed by atoms with Gasteiger partial charge in [0.25, 0.3) is 0 Å². The van der Waals surface area contributed by atoms with Crippen LogP contribution < -0.4 is 16.0 Å². The summed E-state index contributed by atoms with van der Waals surface area (Å²) in [6.45, 7) is 16.0. The zero-order valence-corrected chi connectivity index (χ0v) is 27.7. The van der Waals surface area contributed by atoms with E-state index in [2.05, 4.69) is 39.6 Å². The third-order valence-corrected chi connectivity index (χ3v) is 7.42. The molecular formula is C33H65N5O4. The van der Waals surface area contributed by atoms with Crippen LogP contribution in [0.4, 0.5) is 0 Å². The van der Waals surface area contributed by atoms with Crippen LogP contribution in [0.3, 0.4) is 0 Å². The number of amides is 2. The molecule has 0 bridgehead atoms. The van der Waals surface area contributed by atoms with Gasteiger partial charge in [0.2, 0.25) is 11.8 Å². The van der Waals surface area contributed by atoms with Gasteiger partial charge in [-0.1, -0.05) is 47.0 Å². The van der Waals surface area contributed by atoms with Crippen LogP contribution >= 0.6 is 0 Å². The molecule has 246 valence electrons. The molecular weight excluding hydrogens is 530 g/mol. The zero-order chi connectivity index (χ0) is 31.3. The number of hydrogen-bond donors (Lipinski definition) is 3. The molecule has 0 heterocycles. The van der Waals surface area contributed by atoms with Crippen molar-refractivity contribution in [2.45, 2.75) is 124 Å². The highest BCUT2D eigenvalue weighted by molar-refractivity contribution is 5.79. The Bertz CT molecular complexity index is 598. The lowest BCUT2D eigenvalue weighted by molar-refractivity contribution is -0.122. The van der Waals surface area contributed by atoms with Crippen LogP contribution in [0.15, 0.2) is 0 Å². The molecule has 2 amide bonds. The second-order valence-electron chi connectivity index (χ2n) is 11.5. The minimum Gasteiger partial charge on any atom is -0.356 e. The van der Waals surface area contributed by atoms with E-state index >= 15 is 0 Å². The Morgan fingerprint density at radius 2 is 0.905 bits per heavy atom. The van der Waals surface area contributed by atoms with Crippen molar-refractivity contribution >= 4 is 23.4 Å². The summed E-state index contributed by atoms with van der Waals surface area (Å²) in [5.41, 5.74) is 0. The normalized spacial score (nSPS) is 11.3. The Labute approximate surface area is 257 Å². The monoisotopic (exact) mass is 596 g/mol. The van der Waals surface area contributed by atoms with Crippen LogP contribution in [-0.2, 0) is 19.2 Å². The first-order valence-corrected chi connectivity index (χ1v) is 17.1. The second-order valence-corrected chi connectivity index (χ2v) is 11.5. The maximum atomic E-state index is 12.2. The first-order chi connectivity index (χ1) is 20.4. The number of unbranched alkanes of at least 4 members (excludes halogenated alkanes) is 4. The first kappa shape index (κ1) is 40.2. The van der Waals surface area contributed by atoms with E-state index in [0.717, 1.165) is 97.1 Å². The Hall–Kier alpha value is -1.84. The number of carbonyl (C=O) groups is 4. The van der Waals surface area contributed by atoms with Crippen molar-refractivity contribution in [2.75, 3.05) is 65.4 Å². The third kappa shape index (κ3) is 25.8. The maximum absolute atomic E-state index is 12.2. The van der Waals surface area contributed by atoms with Gasteiger partial charge in [0.1, 0.15) is 11.6 Å². The smallest absolute Gasteiger partial charge is 0.221 e. The lowest BCUT2D eigenvalue weighted by atomic mass is 10.1. The molecule has 9 nitrogen and oxygen atoms in total. The fourth-order valence-electron chi connectivity index (χ4n) is 4.58. The summed E-state index contributed by atoms with van der Waals surface area (Å²) in [7, 11) is 0. The van der Waals surface area contributed by atoms with Crippen LogP contribution in [0.25, 0.3) is 0 Å². The number of rotatable bonds is 31. The molecule has 0 saturated carbocycles. The number of carbonyl (C=O) groups excluding carboxylic acids is 4. The quantitative estimate of drug-likeness (QED) is 0.101. The molecule has 0 unspecified atom stereocenters. The van der Waals surface area contributed by atoms with E-state index in [9.17, 15) is 19.2 Å². The fourth-order valence-corrected chi connectivity index (χ4v) is 4.58. The zero-order valence-electron chi connectivity index (χ0n) is 27.7. The van der Waals surface area contributed by atoms with Crippen LogP contribution in [-0.4, -0.2) is 98.6 Å². The standard InChI is InChI=1S/C33H65N5O4/c1-5-9-14-30(39)16-25-38(26-17-31(40)15-10-6-2)29-23-34-22-12-11-13-24-37(27-18-32(41)35-20-7-3)28-19-33(42)36-21-8-4/h34H,5-29H2,1-4H3,(H,35,41)(H,36,42). The molecule has 0 aromatic rings. The lowest BCUT2D eigenvalue weighted by Crippen LogP contribution is -2.35. The Balaban J connectivity index is 4.42. The van der Waals surface area contributed by atoms with Gasteiger partial charge in [-0.2, -0.15) is 0 Å². The molecule has 0 fully saturated rings. The molecule has 0 atom stereocenters. The van der Waals surface area contributed by atoms with E-state index in [1.807, 2.05) is 13.8 Å². The number of hydrogen-bond acceptors (Lipinski definition) is 7. The van der Waals surface area contributed by atoms with Gasteiger partial charge in [-0.05, 0) is 51.6 Å². The molecule has 0 aliphatic rings. The average Bonchev–Trinajstić information content (AvgIpc) is 2.99. The molecule has 0 spiro atoms. The van der Waals surface area contributed by atoms with Crippen molar-refractivity contribution in [1.29, 1.82) is 0 Å². The molecule has 0 aliphatic carbocycles. The number of ketones is 2. The Morgan fingerprint density at radius 3 is 1.38 bits per heavy atom. The topological polar surface area (TPSA) is 111 Å². The SMILES string of the molecule is CCCCC(=O)CCN(CCNCCCCCN(CCC(=O)NCCC)CCC(=O)NCCC)CCC(=O)CCCC. The summed E-state index contributed by atoms with van der Waals surface area (Å²) in [4.78, 5) is 53.1. The van der Waals surface area contributed by atoms with Crippen molar-refractivity contribution in [3.05, 3.63) is 0 Å². The highest BCUT2D eigenvalue weighted by Crippen LogP contribution is 2.05. The highest BCUT2D eigenvalue weighted by Gasteiger charge is 2.12. The van der Waals surface area contributed by atoms with Gasteiger partial charge in [0.05, 0.1) is 0 Å². The summed E-state index contributed by atoms with van der Waals surface area (Å²) in [5, 5.41) is 9.41. The van der Waals surface area contributed by atoms with Gasteiger partial charge in [-0.25, -0.2) is 0 Å². The van der Waals surface area contributed by atoms with Gasteiger partial charge in [0, 0.05) is 90.9 Å². The molecule has 42 heavy (non-hydrogen) atoms. The summed E-state index contributed by atoms with van der Waals surface area (Å²) in [6, 6.07) is 0. The van der Waals surface area contributed by atoms with Crippen molar-refractivity contribution in [3.8, 4) is 0 Å². The lowest BCUT2D eigenvalue weighted by Gasteiger charge is -2.22. The van der Waals surface area contributed by atoms with E-state index in [-0.39, 0.29) is 11.8 Å². The molecule has 9 heteroatoms. The van der Waals surface area contributed by atoms with Gasteiger partial charge in [0.15, 0.2) is 0 Å². The minimum absolute atomic E-state index is 0.0752. The molecule has 3 N–H and O–H groups in total. The summed E-state index contributed by atoms with van der Waals surface area (Å²) < 4.78 is 0. The third-order valence-electron chi connectivity index (χ3n) is 7.42. The fraction of sp³-hybridized carbons (Fsp3) is 0.879. The predicted octanol–water partition coefficient (Wildman–Crippen LogP) is 4.48. The second kappa shape index (κ2) is 29.2. The largest absolute Gasteiger partial charge is 0.356 e. The van der Waals surface area contributed by atoms with Crippen molar-refractivity contribution in [2.24, 2.45) is 0 Å². The Kier molecular flexibility index (Phi) is 28.0. The minimum atomic E-state index is 0.0752. The van der Waals surface area contributed by atoms with Crippen molar-refractivity contribution < 1.29 is 19.2 Å². The van der Waals surface area contributed by atoms with Crippen LogP contribution in [0.5, 0.6) is 0 Å². The highest BCUT2D eigenvalue weighted by atomic mass is 16.2. The molecule has 0 radical (unpaired) electrons. The number of Topliss-reactive ketones (excluding diaryl/α,β-unsaturated/α-hetero) is 2. The number of nitrogens with one attached hydrogen (secondary N) is 3. The van der Waals surface area contributed by atoms with Crippen molar-refractivity contribution in [1.82, 2.24) is 25.8 Å². The maximum Gasteiger partial charge on any atom is 0.221 e. The average molecular weight is 596 g/mol. The molecule has 0 rings (SSSR count). The Morgan fingerprint density at radius 1 is 0.429 bits per heavy atom. The van der Waals surface area contributed by atoms with Crippen LogP contribution in [0.2, 0.25) is 0 Å². The molecule has 0 saturated heterocycles. The van der Waals surface area contributed by atoms with E-state index in [0.29, 0.717) is 76.3 Å². The van der Waals surface area contributed by atoms with E-state index in [1.54, 1.807) is 0 Å². The predicted molar refractivity (Wildman–Crippen MR) is 174 cm³/mol. The molecule has 0 aromatic heterocycles. The molecule has 0 aliphatic heterocycles. The first-order valence-electron chi connectivity index (χ1n) is 17.1. The summed E-state index contributed by atoms with van der Waals surface area (Å²) in [6.07, 6.45) is 12.4. The van der Waals surface area contributed by atoms with Gasteiger partial charge < -0.3 is 25.8 Å². The van der Waals surface area contributed by atoms with Gasteiger partial charge in [-0.15, -0.1) is 0 Å². The van der Waals surface area contributed by atoms with Crippen molar-refractivity contribution in [3.63, 3.8) is 0 Å². The van der Waals surface area contributed by atoms with E-state index in [1.165, 1.54) is 0 Å². The number of nitrogens with zero attached hydrogens (tertiary/aromatic N) is 2. The van der Waals surface area contributed by atoms with Crippen LogP contribution in [0, 0.1) is 0 Å².